The van der Waals surface area contributed by atoms with Gasteiger partial charge in [-0.3, -0.25) is 0 Å². The average Bonchev–Trinajstić information content (AvgIpc) is 2.37. The first kappa shape index (κ1) is 6.75. The van der Waals surface area contributed by atoms with Crippen molar-refractivity contribution in [3.63, 3.8) is 0 Å². The van der Waals surface area contributed by atoms with E-state index in [0.29, 0.717) is 11.7 Å². The molecule has 52 valence electrons. The fourth-order valence-corrected chi connectivity index (χ4v) is 0.573. The van der Waals surface area contributed by atoms with Gasteiger partial charge >= 0.3 is 0 Å². The fraction of sp³-hybridized carbons (Fsp3) is 0.500. The normalized spacial score (nSPS) is 9.20. The van der Waals surface area contributed by atoms with E-state index in [4.69, 9.17) is 9.78 Å². The van der Waals surface area contributed by atoms with Crippen LogP contribution in [0.1, 0.15) is 18.6 Å². The van der Waals surface area contributed by atoms with Gasteiger partial charge in [0.05, 0.1) is 6.07 Å². The summed E-state index contributed by atoms with van der Waals surface area (Å²) in [6.45, 7) is 1.93. The van der Waals surface area contributed by atoms with Crippen LogP contribution in [0.4, 0.5) is 0 Å². The van der Waals surface area contributed by atoms with Gasteiger partial charge in [0.25, 0.3) is 0 Å². The maximum Gasteiger partial charge on any atom is 0.240 e. The number of hydrogen-bond acceptors (Lipinski definition) is 4. The lowest BCUT2D eigenvalue weighted by Gasteiger charge is -1.76. The second-order valence-electron chi connectivity index (χ2n) is 1.79. The Kier molecular flexibility index (Phi) is 2.00. The molecule has 10 heavy (non-hydrogen) atoms. The Morgan fingerprint density at radius 3 is 3.00 bits per heavy atom. The van der Waals surface area contributed by atoms with Crippen molar-refractivity contribution in [2.75, 3.05) is 0 Å². The van der Waals surface area contributed by atoms with E-state index in [2.05, 4.69) is 10.1 Å². The minimum absolute atomic E-state index is 0.201. The summed E-state index contributed by atoms with van der Waals surface area (Å²) in [7, 11) is 0. The fourth-order valence-electron chi connectivity index (χ4n) is 0.573. The van der Waals surface area contributed by atoms with Gasteiger partial charge in [0.2, 0.25) is 5.89 Å². The van der Waals surface area contributed by atoms with Crippen LogP contribution >= 0.6 is 0 Å². The van der Waals surface area contributed by atoms with Crippen molar-refractivity contribution < 1.29 is 4.52 Å². The van der Waals surface area contributed by atoms with Crippen LogP contribution in [0.2, 0.25) is 0 Å². The van der Waals surface area contributed by atoms with Gasteiger partial charge in [-0.2, -0.15) is 10.2 Å². The standard InChI is InChI=1S/C6H7N3O/c1-2-5-8-6(3-4-7)10-9-5/h2-3H2,1H3. The first-order valence-electron chi connectivity index (χ1n) is 3.05. The number of aryl methyl sites for hydroxylation is 1. The molecule has 4 nitrogen and oxygen atoms in total. The van der Waals surface area contributed by atoms with Gasteiger partial charge in [-0.15, -0.1) is 0 Å². The van der Waals surface area contributed by atoms with Crippen molar-refractivity contribution in [3.8, 4) is 6.07 Å². The molecular formula is C6H7N3O. The maximum absolute atomic E-state index is 8.22. The monoisotopic (exact) mass is 137 g/mol. The molecular weight excluding hydrogens is 130 g/mol. The molecule has 4 heteroatoms. The Labute approximate surface area is 58.5 Å². The minimum atomic E-state index is 0.201. The number of aromatic nitrogens is 2. The van der Waals surface area contributed by atoms with E-state index in [-0.39, 0.29) is 6.42 Å². The van der Waals surface area contributed by atoms with Crippen molar-refractivity contribution in [1.82, 2.24) is 10.1 Å². The quantitative estimate of drug-likeness (QED) is 0.601. The molecule has 1 heterocycles. The van der Waals surface area contributed by atoms with E-state index in [1.807, 2.05) is 13.0 Å². The second kappa shape index (κ2) is 2.97. The first-order chi connectivity index (χ1) is 4.86. The van der Waals surface area contributed by atoms with Crippen molar-refractivity contribution in [2.45, 2.75) is 19.8 Å². The third-order valence-electron chi connectivity index (χ3n) is 1.06. The molecule has 0 radical (unpaired) electrons. The molecule has 1 rings (SSSR count). The average molecular weight is 137 g/mol. The summed E-state index contributed by atoms with van der Waals surface area (Å²) in [6, 6.07) is 1.93. The molecule has 0 aliphatic carbocycles. The Morgan fingerprint density at radius 1 is 1.70 bits per heavy atom. The van der Waals surface area contributed by atoms with E-state index >= 15 is 0 Å². The van der Waals surface area contributed by atoms with E-state index in [1.165, 1.54) is 0 Å². The van der Waals surface area contributed by atoms with Crippen molar-refractivity contribution >= 4 is 0 Å². The lowest BCUT2D eigenvalue weighted by Crippen LogP contribution is -1.83. The molecule has 0 atom stereocenters. The summed E-state index contributed by atoms with van der Waals surface area (Å²) in [6.07, 6.45) is 0.946. The van der Waals surface area contributed by atoms with E-state index in [9.17, 15) is 0 Å². The molecule has 0 fully saturated rings. The predicted molar refractivity (Wildman–Crippen MR) is 33.0 cm³/mol. The van der Waals surface area contributed by atoms with Gasteiger partial charge in [-0.05, 0) is 0 Å². The van der Waals surface area contributed by atoms with Crippen LogP contribution in [-0.4, -0.2) is 10.1 Å². The molecule has 0 saturated heterocycles. The SMILES string of the molecule is CCc1noc(CC#N)n1. The summed E-state index contributed by atoms with van der Waals surface area (Å²) in [5.74, 6) is 1.06. The van der Waals surface area contributed by atoms with E-state index in [0.717, 1.165) is 6.42 Å². The van der Waals surface area contributed by atoms with Gasteiger partial charge in [-0.1, -0.05) is 12.1 Å². The number of nitriles is 1. The summed E-state index contributed by atoms with van der Waals surface area (Å²) < 4.78 is 4.71. The molecule has 0 N–H and O–H groups in total. The Morgan fingerprint density at radius 2 is 2.50 bits per heavy atom. The lowest BCUT2D eigenvalue weighted by atomic mass is 10.4. The highest BCUT2D eigenvalue weighted by atomic mass is 16.5. The Bertz CT molecular complexity index is 248. The summed E-state index contributed by atoms with van der Waals surface area (Å²) in [5, 5.41) is 11.8. The molecule has 0 bridgehead atoms. The largest absolute Gasteiger partial charge is 0.338 e. The maximum atomic E-state index is 8.22. The molecule has 1 aromatic heterocycles. The molecule has 0 aromatic carbocycles. The zero-order valence-corrected chi connectivity index (χ0v) is 5.66. The van der Waals surface area contributed by atoms with Crippen LogP contribution in [0, 0.1) is 11.3 Å². The van der Waals surface area contributed by atoms with Crippen LogP contribution in [-0.2, 0) is 12.8 Å². The van der Waals surface area contributed by atoms with Crippen LogP contribution in [0.15, 0.2) is 4.52 Å². The predicted octanol–water partition coefficient (Wildman–Crippen LogP) is 0.698. The van der Waals surface area contributed by atoms with Gasteiger partial charge < -0.3 is 4.52 Å². The summed E-state index contributed by atoms with van der Waals surface area (Å²) >= 11 is 0. The highest BCUT2D eigenvalue weighted by Crippen LogP contribution is 1.97. The smallest absolute Gasteiger partial charge is 0.240 e. The van der Waals surface area contributed by atoms with E-state index < -0.39 is 0 Å². The van der Waals surface area contributed by atoms with Crippen molar-refractivity contribution in [3.05, 3.63) is 11.7 Å². The third-order valence-corrected chi connectivity index (χ3v) is 1.06. The minimum Gasteiger partial charge on any atom is -0.338 e. The number of rotatable bonds is 2. The molecule has 1 aromatic rings. The van der Waals surface area contributed by atoms with Crippen molar-refractivity contribution in [2.24, 2.45) is 0 Å². The molecule has 0 unspecified atom stereocenters. The van der Waals surface area contributed by atoms with Gasteiger partial charge in [-0.25, -0.2) is 0 Å². The van der Waals surface area contributed by atoms with Crippen LogP contribution in [0.5, 0.6) is 0 Å². The first-order valence-corrected chi connectivity index (χ1v) is 3.05. The Hall–Kier alpha value is -1.37. The van der Waals surface area contributed by atoms with Crippen LogP contribution in [0.3, 0.4) is 0 Å². The van der Waals surface area contributed by atoms with Crippen LogP contribution in [0.25, 0.3) is 0 Å². The molecule has 0 amide bonds. The van der Waals surface area contributed by atoms with Gasteiger partial charge in [0, 0.05) is 6.42 Å². The number of nitrogens with zero attached hydrogens (tertiary/aromatic N) is 3. The number of hydrogen-bond donors (Lipinski definition) is 0. The molecule has 0 aliphatic heterocycles. The van der Waals surface area contributed by atoms with E-state index in [1.54, 1.807) is 0 Å². The van der Waals surface area contributed by atoms with Crippen molar-refractivity contribution in [1.29, 1.82) is 5.26 Å². The van der Waals surface area contributed by atoms with Gasteiger partial charge in [0.15, 0.2) is 5.82 Å². The summed E-state index contributed by atoms with van der Waals surface area (Å²) in [4.78, 5) is 3.92. The Balaban J connectivity index is 2.70. The lowest BCUT2D eigenvalue weighted by molar-refractivity contribution is 0.382. The summed E-state index contributed by atoms with van der Waals surface area (Å²) in [5.41, 5.74) is 0. The van der Waals surface area contributed by atoms with Crippen LogP contribution < -0.4 is 0 Å². The topological polar surface area (TPSA) is 62.7 Å². The van der Waals surface area contributed by atoms with Gasteiger partial charge in [0.1, 0.15) is 6.42 Å². The molecule has 0 aliphatic rings. The third kappa shape index (κ3) is 1.32. The molecule has 0 spiro atoms. The second-order valence-corrected chi connectivity index (χ2v) is 1.79. The highest BCUT2D eigenvalue weighted by molar-refractivity contribution is 4.92. The highest BCUT2D eigenvalue weighted by Gasteiger charge is 2.01. The zero-order chi connectivity index (χ0) is 7.40. The zero-order valence-electron chi connectivity index (χ0n) is 5.66. The molecule has 0 saturated carbocycles.